The summed E-state index contributed by atoms with van der Waals surface area (Å²) in [6.07, 6.45) is 3.21. The van der Waals surface area contributed by atoms with Crippen molar-refractivity contribution in [3.8, 4) is 0 Å². The first-order chi connectivity index (χ1) is 11.3. The topological polar surface area (TPSA) is 55.4 Å². The van der Waals surface area contributed by atoms with E-state index in [9.17, 15) is 9.59 Å². The van der Waals surface area contributed by atoms with Crippen molar-refractivity contribution in [1.29, 1.82) is 0 Å². The molecule has 1 aromatic carbocycles. The average Bonchev–Trinajstić information content (AvgIpc) is 2.77. The van der Waals surface area contributed by atoms with Crippen molar-refractivity contribution < 1.29 is 14.3 Å². The minimum atomic E-state index is -0.738. The van der Waals surface area contributed by atoms with Crippen molar-refractivity contribution in [2.45, 2.75) is 70.9 Å². The fourth-order valence-electron chi connectivity index (χ4n) is 4.54. The lowest BCUT2D eigenvalue weighted by molar-refractivity contribution is -0.127. The second-order valence-corrected chi connectivity index (χ2v) is 7.50. The first-order valence-corrected chi connectivity index (χ1v) is 8.77. The van der Waals surface area contributed by atoms with Gasteiger partial charge in [-0.15, -0.1) is 0 Å². The van der Waals surface area contributed by atoms with Gasteiger partial charge < -0.3 is 10.1 Å². The molecule has 3 rings (SSSR count). The van der Waals surface area contributed by atoms with Gasteiger partial charge in [-0.1, -0.05) is 6.07 Å². The molecule has 4 heteroatoms. The molecule has 3 unspecified atom stereocenters. The van der Waals surface area contributed by atoms with Crippen LogP contribution in [0.4, 0.5) is 0 Å². The predicted molar refractivity (Wildman–Crippen MR) is 93.3 cm³/mol. The van der Waals surface area contributed by atoms with Crippen LogP contribution in [0.5, 0.6) is 0 Å². The number of nitrogens with one attached hydrogen (secondary N) is 1. The lowest BCUT2D eigenvalue weighted by atomic mass is 9.74. The Morgan fingerprint density at radius 3 is 2.50 bits per heavy atom. The van der Waals surface area contributed by atoms with Gasteiger partial charge >= 0.3 is 0 Å². The zero-order valence-electron chi connectivity index (χ0n) is 15.3. The van der Waals surface area contributed by atoms with Gasteiger partial charge in [0.25, 0.3) is 0 Å². The fourth-order valence-corrected chi connectivity index (χ4v) is 4.54. The highest BCUT2D eigenvalue weighted by Crippen LogP contribution is 2.42. The molecule has 3 atom stereocenters. The van der Waals surface area contributed by atoms with Crippen LogP contribution >= 0.6 is 0 Å². The maximum Gasteiger partial charge on any atom is 0.235 e. The summed E-state index contributed by atoms with van der Waals surface area (Å²) in [4.78, 5) is 26.1. The summed E-state index contributed by atoms with van der Waals surface area (Å²) in [6, 6.07) is 2.09. The molecular formula is C20H27NO3. The third-order valence-corrected chi connectivity index (χ3v) is 6.10. The summed E-state index contributed by atoms with van der Waals surface area (Å²) in [5.41, 5.74) is 4.62. The number of carbonyl (C=O) groups is 2. The average molecular weight is 329 g/mol. The number of carbonyl (C=O) groups excluding carboxylic acids is 2. The van der Waals surface area contributed by atoms with Gasteiger partial charge in [0.15, 0.2) is 5.78 Å². The van der Waals surface area contributed by atoms with Gasteiger partial charge in [0.05, 0.1) is 6.10 Å². The quantitative estimate of drug-likeness (QED) is 0.849. The highest BCUT2D eigenvalue weighted by atomic mass is 16.5. The van der Waals surface area contributed by atoms with E-state index < -0.39 is 11.5 Å². The first kappa shape index (κ1) is 17.2. The van der Waals surface area contributed by atoms with Crippen molar-refractivity contribution in [2.75, 3.05) is 7.11 Å². The lowest BCUT2D eigenvalue weighted by Crippen LogP contribution is -2.51. The van der Waals surface area contributed by atoms with Gasteiger partial charge in [0.1, 0.15) is 11.5 Å². The number of benzene rings is 1. The Morgan fingerprint density at radius 2 is 1.83 bits per heavy atom. The Kier molecular flexibility index (Phi) is 4.28. The van der Waals surface area contributed by atoms with E-state index in [2.05, 4.69) is 25.2 Å². The Bertz CT molecular complexity index is 709. The number of rotatable bonds is 2. The smallest absolute Gasteiger partial charge is 0.235 e. The van der Waals surface area contributed by atoms with Crippen molar-refractivity contribution in [3.63, 3.8) is 0 Å². The molecule has 1 N–H and O–H groups in total. The maximum absolute atomic E-state index is 13.3. The molecule has 0 aromatic heterocycles. The van der Waals surface area contributed by atoms with Crippen LogP contribution in [-0.2, 0) is 14.3 Å². The summed E-state index contributed by atoms with van der Waals surface area (Å²) in [5.74, 6) is -0.796. The first-order valence-electron chi connectivity index (χ1n) is 8.77. The van der Waals surface area contributed by atoms with Crippen molar-refractivity contribution in [3.05, 3.63) is 33.9 Å². The van der Waals surface area contributed by atoms with Crippen LogP contribution in [0.3, 0.4) is 0 Å². The summed E-state index contributed by atoms with van der Waals surface area (Å²) in [6.45, 7) is 8.15. The number of ether oxygens (including phenoxy) is 1. The van der Waals surface area contributed by atoms with E-state index >= 15 is 0 Å². The zero-order chi connectivity index (χ0) is 17.6. The molecule has 1 spiro atoms. The van der Waals surface area contributed by atoms with E-state index in [0.717, 1.165) is 41.5 Å². The number of ketones is 1. The van der Waals surface area contributed by atoms with Gasteiger partial charge in [-0.05, 0) is 74.8 Å². The number of hydrogen-bond acceptors (Lipinski definition) is 3. The minimum Gasteiger partial charge on any atom is -0.381 e. The molecule has 1 saturated carbocycles. The largest absolute Gasteiger partial charge is 0.381 e. The molecule has 130 valence electrons. The third kappa shape index (κ3) is 2.48. The van der Waals surface area contributed by atoms with Crippen LogP contribution in [0.25, 0.3) is 0 Å². The zero-order valence-corrected chi connectivity index (χ0v) is 15.3. The standard InChI is InChI=1S/C20H27NO3/c1-11-9-12(2)16(14(4)13(11)3)17-18(22)20(21-19(17)23)8-6-7-15(10-20)24-5/h9,15,17H,6-8,10H2,1-5H3,(H,21,23). The normalized spacial score (nSPS) is 30.0. The summed E-state index contributed by atoms with van der Waals surface area (Å²) in [5, 5.41) is 3.05. The van der Waals surface area contributed by atoms with Crippen LogP contribution in [0.1, 0.15) is 59.4 Å². The van der Waals surface area contributed by atoms with Gasteiger partial charge in [0.2, 0.25) is 5.91 Å². The van der Waals surface area contributed by atoms with Gasteiger partial charge in [-0.25, -0.2) is 0 Å². The molecule has 4 nitrogen and oxygen atoms in total. The molecule has 1 heterocycles. The fraction of sp³-hybridized carbons (Fsp3) is 0.600. The molecule has 0 bridgehead atoms. The number of hydrogen-bond donors (Lipinski definition) is 1. The van der Waals surface area contributed by atoms with Crippen molar-refractivity contribution >= 4 is 11.7 Å². The highest BCUT2D eigenvalue weighted by molar-refractivity contribution is 6.17. The molecular weight excluding hydrogens is 302 g/mol. The molecule has 0 radical (unpaired) electrons. The van der Waals surface area contributed by atoms with Crippen LogP contribution in [-0.4, -0.2) is 30.4 Å². The van der Waals surface area contributed by atoms with E-state index in [1.807, 2.05) is 13.8 Å². The van der Waals surface area contributed by atoms with Crippen LogP contribution in [0.2, 0.25) is 0 Å². The predicted octanol–water partition coefficient (Wildman–Crippen LogP) is 3.03. The van der Waals surface area contributed by atoms with E-state index in [0.29, 0.717) is 6.42 Å². The van der Waals surface area contributed by atoms with Crippen molar-refractivity contribution in [1.82, 2.24) is 5.32 Å². The minimum absolute atomic E-state index is 0.0312. The van der Waals surface area contributed by atoms with E-state index in [1.165, 1.54) is 5.56 Å². The van der Waals surface area contributed by atoms with Crippen LogP contribution in [0, 0.1) is 27.7 Å². The van der Waals surface area contributed by atoms with Gasteiger partial charge in [-0.2, -0.15) is 0 Å². The maximum atomic E-state index is 13.3. The number of methoxy groups -OCH3 is 1. The Morgan fingerprint density at radius 1 is 1.12 bits per heavy atom. The molecule has 1 saturated heterocycles. The molecule has 24 heavy (non-hydrogen) atoms. The summed E-state index contributed by atoms with van der Waals surface area (Å²) < 4.78 is 5.48. The van der Waals surface area contributed by atoms with Gasteiger partial charge in [0, 0.05) is 13.5 Å². The second-order valence-electron chi connectivity index (χ2n) is 7.50. The van der Waals surface area contributed by atoms with E-state index in [-0.39, 0.29) is 17.8 Å². The SMILES string of the molecule is COC1CCCC2(C1)NC(=O)C(c1c(C)cc(C)c(C)c1C)C2=O. The van der Waals surface area contributed by atoms with Crippen LogP contribution < -0.4 is 5.32 Å². The van der Waals surface area contributed by atoms with Gasteiger partial charge in [-0.3, -0.25) is 9.59 Å². The Hall–Kier alpha value is -1.68. The molecule has 1 aliphatic heterocycles. The number of aryl methyl sites for hydroxylation is 2. The molecule has 1 aromatic rings. The molecule has 2 fully saturated rings. The Labute approximate surface area is 144 Å². The highest BCUT2D eigenvalue weighted by Gasteiger charge is 2.55. The monoisotopic (exact) mass is 329 g/mol. The van der Waals surface area contributed by atoms with E-state index in [4.69, 9.17) is 4.74 Å². The van der Waals surface area contributed by atoms with Crippen LogP contribution in [0.15, 0.2) is 6.07 Å². The van der Waals surface area contributed by atoms with E-state index in [1.54, 1.807) is 7.11 Å². The summed E-state index contributed by atoms with van der Waals surface area (Å²) >= 11 is 0. The second kappa shape index (κ2) is 5.99. The molecule has 1 aliphatic carbocycles. The summed E-state index contributed by atoms with van der Waals surface area (Å²) in [7, 11) is 1.68. The lowest BCUT2D eigenvalue weighted by Gasteiger charge is -2.36. The number of Topliss-reactive ketones (excluding diaryl/α,β-unsaturated/α-hetero) is 1. The molecule has 2 aliphatic rings. The molecule has 1 amide bonds. The van der Waals surface area contributed by atoms with Crippen molar-refractivity contribution in [2.24, 2.45) is 0 Å². The Balaban J connectivity index is 2.04. The third-order valence-electron chi connectivity index (χ3n) is 6.10. The number of amides is 1.